The van der Waals surface area contributed by atoms with Gasteiger partial charge in [-0.25, -0.2) is 0 Å². The lowest BCUT2D eigenvalue weighted by molar-refractivity contribution is -0.127. The summed E-state index contributed by atoms with van der Waals surface area (Å²) in [5.41, 5.74) is 4.19. The minimum absolute atomic E-state index is 0.0872. The van der Waals surface area contributed by atoms with E-state index in [0.29, 0.717) is 4.67 Å². The molecule has 92 valence electrons. The first-order valence-electron chi connectivity index (χ1n) is 4.58. The molecular formula is C9H10BrN3O4. The average molecular weight is 304 g/mol. The molecule has 1 rings (SSSR count). The number of hydrogen-bond donors (Lipinski definition) is 3. The van der Waals surface area contributed by atoms with Gasteiger partial charge in [0.2, 0.25) is 5.91 Å². The van der Waals surface area contributed by atoms with Gasteiger partial charge in [-0.1, -0.05) is 0 Å². The molecule has 0 unspecified atom stereocenters. The van der Waals surface area contributed by atoms with E-state index in [-0.39, 0.29) is 12.3 Å². The topological polar surface area (TPSA) is 100 Å². The predicted molar refractivity (Wildman–Crippen MR) is 60.7 cm³/mol. The Balaban J connectivity index is 2.33. The molecule has 0 bridgehead atoms. The highest BCUT2D eigenvalue weighted by molar-refractivity contribution is 9.10. The monoisotopic (exact) mass is 303 g/mol. The zero-order valence-corrected chi connectivity index (χ0v) is 10.5. The van der Waals surface area contributed by atoms with Crippen molar-refractivity contribution in [3.05, 3.63) is 22.6 Å². The van der Waals surface area contributed by atoms with Crippen LogP contribution in [0.3, 0.4) is 0 Å². The zero-order valence-electron chi connectivity index (χ0n) is 8.87. The molecule has 0 atom stereocenters. The third kappa shape index (κ3) is 4.68. The first-order valence-corrected chi connectivity index (χ1v) is 5.37. The number of carbonyl (C=O) groups excluding carboxylic acids is 3. The molecule has 0 aliphatic heterocycles. The van der Waals surface area contributed by atoms with Crippen LogP contribution >= 0.6 is 15.9 Å². The van der Waals surface area contributed by atoms with Gasteiger partial charge < -0.3 is 9.73 Å². The van der Waals surface area contributed by atoms with Gasteiger partial charge in [0, 0.05) is 6.92 Å². The fourth-order valence-corrected chi connectivity index (χ4v) is 1.19. The summed E-state index contributed by atoms with van der Waals surface area (Å²) in [6.45, 7) is 0.983. The van der Waals surface area contributed by atoms with Crippen molar-refractivity contribution in [1.29, 1.82) is 0 Å². The maximum atomic E-state index is 11.4. The van der Waals surface area contributed by atoms with Crippen LogP contribution < -0.4 is 16.2 Å². The highest BCUT2D eigenvalue weighted by atomic mass is 79.9. The Hall–Kier alpha value is -1.83. The highest BCUT2D eigenvalue weighted by Gasteiger charge is 2.11. The molecule has 17 heavy (non-hydrogen) atoms. The van der Waals surface area contributed by atoms with Crippen LogP contribution in [-0.2, 0) is 9.59 Å². The average Bonchev–Trinajstić information content (AvgIpc) is 2.70. The zero-order chi connectivity index (χ0) is 12.8. The highest BCUT2D eigenvalue weighted by Crippen LogP contribution is 2.13. The van der Waals surface area contributed by atoms with Crippen LogP contribution in [-0.4, -0.2) is 24.3 Å². The molecule has 0 radical (unpaired) electrons. The van der Waals surface area contributed by atoms with Gasteiger partial charge >= 0.3 is 0 Å². The minimum atomic E-state index is -0.542. The first-order chi connectivity index (χ1) is 7.99. The Morgan fingerprint density at radius 2 is 2.00 bits per heavy atom. The maximum absolute atomic E-state index is 11.4. The van der Waals surface area contributed by atoms with Crippen LogP contribution in [0.15, 0.2) is 21.2 Å². The minimum Gasteiger partial charge on any atom is -0.444 e. The quantitative estimate of drug-likeness (QED) is 0.681. The van der Waals surface area contributed by atoms with E-state index in [1.165, 1.54) is 13.0 Å². The van der Waals surface area contributed by atoms with E-state index < -0.39 is 17.7 Å². The summed E-state index contributed by atoms with van der Waals surface area (Å²) in [7, 11) is 0. The third-order valence-electron chi connectivity index (χ3n) is 1.58. The maximum Gasteiger partial charge on any atom is 0.287 e. The summed E-state index contributed by atoms with van der Waals surface area (Å²) in [4.78, 5) is 33.0. The summed E-state index contributed by atoms with van der Waals surface area (Å²) in [5.74, 6) is -1.38. The second-order valence-electron chi connectivity index (χ2n) is 3.02. The van der Waals surface area contributed by atoms with Crippen molar-refractivity contribution in [1.82, 2.24) is 16.2 Å². The number of carbonyl (C=O) groups is 3. The standard InChI is InChI=1S/C9H10BrN3O4/c1-5(14)12-13-8(15)4-11-9(16)6-2-3-7(10)17-6/h2-3H,4H2,1H3,(H,11,16)(H,12,14)(H,13,15). The second kappa shape index (κ2) is 6.04. The third-order valence-corrected chi connectivity index (χ3v) is 2.01. The summed E-state index contributed by atoms with van der Waals surface area (Å²) in [6.07, 6.45) is 0. The van der Waals surface area contributed by atoms with E-state index in [0.717, 1.165) is 0 Å². The van der Waals surface area contributed by atoms with E-state index in [4.69, 9.17) is 4.42 Å². The molecule has 0 saturated heterocycles. The molecule has 0 aromatic carbocycles. The van der Waals surface area contributed by atoms with Crippen LogP contribution in [0.4, 0.5) is 0 Å². The molecule has 1 heterocycles. The van der Waals surface area contributed by atoms with E-state index in [9.17, 15) is 14.4 Å². The molecule has 7 nitrogen and oxygen atoms in total. The van der Waals surface area contributed by atoms with Gasteiger partial charge in [-0.15, -0.1) is 0 Å². The van der Waals surface area contributed by atoms with Gasteiger partial charge in [-0.2, -0.15) is 0 Å². The fourth-order valence-electron chi connectivity index (χ4n) is 0.886. The van der Waals surface area contributed by atoms with E-state index >= 15 is 0 Å². The molecule has 3 amide bonds. The summed E-state index contributed by atoms with van der Waals surface area (Å²) in [6, 6.07) is 3.03. The molecule has 1 aromatic rings. The van der Waals surface area contributed by atoms with Crippen molar-refractivity contribution in [3.8, 4) is 0 Å². The number of hydrazine groups is 1. The largest absolute Gasteiger partial charge is 0.444 e. The first kappa shape index (κ1) is 13.2. The Morgan fingerprint density at radius 1 is 1.29 bits per heavy atom. The van der Waals surface area contributed by atoms with Crippen molar-refractivity contribution in [2.24, 2.45) is 0 Å². The molecule has 0 aliphatic carbocycles. The van der Waals surface area contributed by atoms with Gasteiger partial charge in [0.1, 0.15) is 0 Å². The lowest BCUT2D eigenvalue weighted by atomic mass is 10.4. The Morgan fingerprint density at radius 3 is 2.53 bits per heavy atom. The number of rotatable bonds is 3. The van der Waals surface area contributed by atoms with Crippen molar-refractivity contribution >= 4 is 33.7 Å². The fraction of sp³-hybridized carbons (Fsp3) is 0.222. The number of hydrogen-bond acceptors (Lipinski definition) is 4. The van der Waals surface area contributed by atoms with E-state index in [1.54, 1.807) is 6.07 Å². The smallest absolute Gasteiger partial charge is 0.287 e. The van der Waals surface area contributed by atoms with Gasteiger partial charge in [0.15, 0.2) is 10.4 Å². The predicted octanol–water partition coefficient (Wildman–Crippen LogP) is -0.0608. The molecule has 0 spiro atoms. The Bertz CT molecular complexity index is 443. The number of amides is 3. The summed E-state index contributed by atoms with van der Waals surface area (Å²) >= 11 is 3.05. The van der Waals surface area contributed by atoms with Crippen LogP contribution in [0, 0.1) is 0 Å². The lowest BCUT2D eigenvalue weighted by Gasteiger charge is -2.05. The number of furan rings is 1. The molecular weight excluding hydrogens is 294 g/mol. The van der Waals surface area contributed by atoms with Crippen molar-refractivity contribution < 1.29 is 18.8 Å². The van der Waals surface area contributed by atoms with Crippen molar-refractivity contribution in [2.45, 2.75) is 6.92 Å². The second-order valence-corrected chi connectivity index (χ2v) is 3.80. The molecule has 0 saturated carbocycles. The molecule has 8 heteroatoms. The van der Waals surface area contributed by atoms with Gasteiger partial charge in [0.25, 0.3) is 11.8 Å². The lowest BCUT2D eigenvalue weighted by Crippen LogP contribution is -2.45. The van der Waals surface area contributed by atoms with Crippen LogP contribution in [0.5, 0.6) is 0 Å². The van der Waals surface area contributed by atoms with Gasteiger partial charge in [0.05, 0.1) is 6.54 Å². The Kier molecular flexibility index (Phi) is 4.70. The normalized spacial score (nSPS) is 9.53. The molecule has 0 fully saturated rings. The SMILES string of the molecule is CC(=O)NNC(=O)CNC(=O)c1ccc(Br)o1. The molecule has 3 N–H and O–H groups in total. The summed E-state index contributed by atoms with van der Waals surface area (Å²) in [5, 5.41) is 2.32. The molecule has 0 aliphatic rings. The van der Waals surface area contributed by atoms with Gasteiger partial charge in [-0.3, -0.25) is 25.2 Å². The van der Waals surface area contributed by atoms with Crippen LogP contribution in [0.2, 0.25) is 0 Å². The van der Waals surface area contributed by atoms with Crippen molar-refractivity contribution in [3.63, 3.8) is 0 Å². The Labute approximate surface area is 105 Å². The van der Waals surface area contributed by atoms with Crippen molar-refractivity contribution in [2.75, 3.05) is 6.54 Å². The van der Waals surface area contributed by atoms with Crippen LogP contribution in [0.1, 0.15) is 17.5 Å². The number of nitrogens with one attached hydrogen (secondary N) is 3. The van der Waals surface area contributed by atoms with E-state index in [2.05, 4.69) is 32.1 Å². The van der Waals surface area contributed by atoms with E-state index in [1.807, 2.05) is 0 Å². The molecule has 1 aromatic heterocycles. The van der Waals surface area contributed by atoms with Gasteiger partial charge in [-0.05, 0) is 28.1 Å². The summed E-state index contributed by atoms with van der Waals surface area (Å²) < 4.78 is 5.40. The van der Waals surface area contributed by atoms with Crippen LogP contribution in [0.25, 0.3) is 0 Å². The number of halogens is 1.